The molecule has 0 radical (unpaired) electrons. The minimum absolute atomic E-state index is 0.00388. The molecule has 2 rings (SSSR count). The van der Waals surface area contributed by atoms with Crippen LogP contribution >= 0.6 is 11.3 Å². The molecule has 0 aliphatic rings. The number of thiophene rings is 1. The summed E-state index contributed by atoms with van der Waals surface area (Å²) in [6.07, 6.45) is 0. The number of hydrogen-bond donors (Lipinski definition) is 1. The first-order valence-corrected chi connectivity index (χ1v) is 7.38. The first-order chi connectivity index (χ1) is 8.99. The number of halogens is 1. The van der Waals surface area contributed by atoms with E-state index < -0.39 is 0 Å². The molecular formula is C16H20FNS. The molecule has 0 aliphatic heterocycles. The van der Waals surface area contributed by atoms with Crippen molar-refractivity contribution in [2.45, 2.75) is 39.8 Å². The second kappa shape index (κ2) is 5.85. The van der Waals surface area contributed by atoms with Crippen LogP contribution in [0.2, 0.25) is 0 Å². The van der Waals surface area contributed by atoms with E-state index in [2.05, 4.69) is 32.2 Å². The molecule has 0 saturated carbocycles. The van der Waals surface area contributed by atoms with Gasteiger partial charge in [-0.15, -0.1) is 11.3 Å². The van der Waals surface area contributed by atoms with Gasteiger partial charge in [-0.2, -0.15) is 0 Å². The SMILES string of the molecule is Cc1cc(C(C)N[C@H](C)c2ccccc2F)c(C)s1. The second-order valence-electron chi connectivity index (χ2n) is 5.00. The minimum Gasteiger partial charge on any atom is -0.304 e. The number of hydrogen-bond acceptors (Lipinski definition) is 2. The van der Waals surface area contributed by atoms with E-state index >= 15 is 0 Å². The summed E-state index contributed by atoms with van der Waals surface area (Å²) in [6, 6.07) is 9.38. The van der Waals surface area contributed by atoms with E-state index in [1.165, 1.54) is 21.4 Å². The molecule has 1 N–H and O–H groups in total. The Balaban J connectivity index is 2.13. The van der Waals surface area contributed by atoms with Crippen molar-refractivity contribution in [3.05, 3.63) is 57.0 Å². The molecule has 2 atom stereocenters. The van der Waals surface area contributed by atoms with Crippen molar-refractivity contribution < 1.29 is 4.39 Å². The van der Waals surface area contributed by atoms with Crippen LogP contribution < -0.4 is 5.32 Å². The Bertz CT molecular complexity index is 562. The molecule has 0 fully saturated rings. The Morgan fingerprint density at radius 3 is 2.26 bits per heavy atom. The first-order valence-electron chi connectivity index (χ1n) is 6.56. The van der Waals surface area contributed by atoms with E-state index in [9.17, 15) is 4.39 Å². The average Bonchev–Trinajstić information content (AvgIpc) is 2.69. The van der Waals surface area contributed by atoms with E-state index in [4.69, 9.17) is 0 Å². The van der Waals surface area contributed by atoms with Gasteiger partial charge >= 0.3 is 0 Å². The van der Waals surface area contributed by atoms with Gasteiger partial charge in [0, 0.05) is 27.4 Å². The Labute approximate surface area is 118 Å². The third-order valence-corrected chi connectivity index (χ3v) is 4.40. The topological polar surface area (TPSA) is 12.0 Å². The summed E-state index contributed by atoms with van der Waals surface area (Å²) < 4.78 is 13.7. The Kier molecular flexibility index (Phi) is 4.38. The molecule has 0 spiro atoms. The molecule has 0 aliphatic carbocycles. The van der Waals surface area contributed by atoms with E-state index in [1.807, 2.05) is 30.4 Å². The van der Waals surface area contributed by atoms with Gasteiger partial charge in [0.2, 0.25) is 0 Å². The normalized spacial score (nSPS) is 14.4. The molecule has 3 heteroatoms. The summed E-state index contributed by atoms with van der Waals surface area (Å²) >= 11 is 1.81. The Morgan fingerprint density at radius 1 is 1.05 bits per heavy atom. The fraction of sp³-hybridized carbons (Fsp3) is 0.375. The summed E-state index contributed by atoms with van der Waals surface area (Å²) in [5.74, 6) is -0.145. The van der Waals surface area contributed by atoms with Crippen LogP contribution in [0.3, 0.4) is 0 Å². The molecule has 0 amide bonds. The molecule has 1 nitrogen and oxygen atoms in total. The standard InChI is InChI=1S/C16H20FNS/c1-10-9-15(13(4)19-10)12(3)18-11(2)14-7-5-6-8-16(14)17/h5-9,11-12,18H,1-4H3/t11-,12?/m1/s1. The van der Waals surface area contributed by atoms with Crippen molar-refractivity contribution in [1.82, 2.24) is 5.32 Å². The fourth-order valence-electron chi connectivity index (χ4n) is 2.46. The molecular weight excluding hydrogens is 257 g/mol. The summed E-state index contributed by atoms with van der Waals surface area (Å²) in [5, 5.41) is 3.47. The van der Waals surface area contributed by atoms with Crippen LogP contribution in [0.15, 0.2) is 30.3 Å². The summed E-state index contributed by atoms with van der Waals surface area (Å²) in [6.45, 7) is 8.39. The number of benzene rings is 1. The summed E-state index contributed by atoms with van der Waals surface area (Å²) in [7, 11) is 0. The molecule has 1 aromatic heterocycles. The van der Waals surface area contributed by atoms with Gasteiger partial charge in [0.25, 0.3) is 0 Å². The van der Waals surface area contributed by atoms with Gasteiger partial charge < -0.3 is 5.32 Å². The highest BCUT2D eigenvalue weighted by Gasteiger charge is 2.16. The zero-order chi connectivity index (χ0) is 14.0. The van der Waals surface area contributed by atoms with Crippen molar-refractivity contribution in [3.63, 3.8) is 0 Å². The molecule has 102 valence electrons. The van der Waals surface area contributed by atoms with Crippen molar-refractivity contribution in [3.8, 4) is 0 Å². The third kappa shape index (κ3) is 3.23. The van der Waals surface area contributed by atoms with Crippen LogP contribution in [0.1, 0.15) is 46.8 Å². The van der Waals surface area contributed by atoms with E-state index in [0.29, 0.717) is 0 Å². The highest BCUT2D eigenvalue weighted by Crippen LogP contribution is 2.28. The van der Waals surface area contributed by atoms with E-state index in [1.54, 1.807) is 6.07 Å². The van der Waals surface area contributed by atoms with Gasteiger partial charge in [0.1, 0.15) is 5.82 Å². The lowest BCUT2D eigenvalue weighted by Gasteiger charge is -2.21. The molecule has 0 bridgehead atoms. The van der Waals surface area contributed by atoms with Crippen molar-refractivity contribution in [1.29, 1.82) is 0 Å². The zero-order valence-corrected chi connectivity index (χ0v) is 12.6. The maximum absolute atomic E-state index is 13.7. The fourth-order valence-corrected chi connectivity index (χ4v) is 3.48. The second-order valence-corrected chi connectivity index (χ2v) is 6.46. The van der Waals surface area contributed by atoms with Gasteiger partial charge in [-0.1, -0.05) is 18.2 Å². The van der Waals surface area contributed by atoms with Crippen LogP contribution in [0, 0.1) is 19.7 Å². The highest BCUT2D eigenvalue weighted by molar-refractivity contribution is 7.12. The predicted molar refractivity (Wildman–Crippen MR) is 80.2 cm³/mol. The minimum atomic E-state index is -0.145. The molecule has 2 aromatic rings. The number of rotatable bonds is 4. The Morgan fingerprint density at radius 2 is 1.68 bits per heavy atom. The molecule has 1 unspecified atom stereocenters. The van der Waals surface area contributed by atoms with Crippen molar-refractivity contribution >= 4 is 11.3 Å². The third-order valence-electron chi connectivity index (χ3n) is 3.42. The van der Waals surface area contributed by atoms with Crippen LogP contribution in [-0.4, -0.2) is 0 Å². The molecule has 1 heterocycles. The van der Waals surface area contributed by atoms with Crippen LogP contribution in [0.5, 0.6) is 0 Å². The molecule has 19 heavy (non-hydrogen) atoms. The maximum atomic E-state index is 13.7. The van der Waals surface area contributed by atoms with Gasteiger partial charge in [0.05, 0.1) is 0 Å². The van der Waals surface area contributed by atoms with E-state index in [-0.39, 0.29) is 17.9 Å². The van der Waals surface area contributed by atoms with Crippen LogP contribution in [0.25, 0.3) is 0 Å². The van der Waals surface area contributed by atoms with Gasteiger partial charge in [-0.3, -0.25) is 0 Å². The smallest absolute Gasteiger partial charge is 0.127 e. The largest absolute Gasteiger partial charge is 0.304 e. The number of aryl methyl sites for hydroxylation is 2. The monoisotopic (exact) mass is 277 g/mol. The van der Waals surface area contributed by atoms with Crippen LogP contribution in [-0.2, 0) is 0 Å². The summed E-state index contributed by atoms with van der Waals surface area (Å²) in [4.78, 5) is 2.65. The van der Waals surface area contributed by atoms with Crippen molar-refractivity contribution in [2.24, 2.45) is 0 Å². The quantitative estimate of drug-likeness (QED) is 0.836. The lowest BCUT2D eigenvalue weighted by atomic mass is 10.0. The lowest BCUT2D eigenvalue weighted by molar-refractivity contribution is 0.473. The number of nitrogens with one attached hydrogen (secondary N) is 1. The summed E-state index contributed by atoms with van der Waals surface area (Å²) in [5.41, 5.74) is 2.03. The maximum Gasteiger partial charge on any atom is 0.127 e. The first kappa shape index (κ1) is 14.2. The average molecular weight is 277 g/mol. The lowest BCUT2D eigenvalue weighted by Crippen LogP contribution is -2.23. The Hall–Kier alpha value is -1.19. The molecule has 0 saturated heterocycles. The van der Waals surface area contributed by atoms with Gasteiger partial charge in [0.15, 0.2) is 0 Å². The van der Waals surface area contributed by atoms with Crippen molar-refractivity contribution in [2.75, 3.05) is 0 Å². The van der Waals surface area contributed by atoms with Gasteiger partial charge in [-0.25, -0.2) is 4.39 Å². The van der Waals surface area contributed by atoms with Gasteiger partial charge in [-0.05, 0) is 45.4 Å². The predicted octanol–water partition coefficient (Wildman–Crippen LogP) is 4.92. The highest BCUT2D eigenvalue weighted by atomic mass is 32.1. The van der Waals surface area contributed by atoms with Crippen LogP contribution in [0.4, 0.5) is 4.39 Å². The zero-order valence-electron chi connectivity index (χ0n) is 11.8. The molecule has 1 aromatic carbocycles. The van der Waals surface area contributed by atoms with E-state index in [0.717, 1.165) is 5.56 Å².